The van der Waals surface area contributed by atoms with Gasteiger partial charge < -0.3 is 10.2 Å². The number of hydrogen-bond donors (Lipinski definition) is 1. The third-order valence-corrected chi connectivity index (χ3v) is 4.73. The lowest BCUT2D eigenvalue weighted by atomic mass is 10.0. The molecule has 0 amide bonds. The number of aromatic nitrogens is 2. The molecule has 1 saturated heterocycles. The maximum Gasteiger partial charge on any atom is 0.226 e. The molecular formula is C19H18ClFN4. The molecule has 1 aliphatic heterocycles. The van der Waals surface area contributed by atoms with Gasteiger partial charge in [0.05, 0.1) is 11.2 Å². The van der Waals surface area contributed by atoms with Gasteiger partial charge in [0.15, 0.2) is 0 Å². The fraction of sp³-hybridized carbons (Fsp3) is 0.263. The van der Waals surface area contributed by atoms with Crippen LogP contribution in [0.2, 0.25) is 5.02 Å². The molecule has 0 atom stereocenters. The Kier molecular flexibility index (Phi) is 4.27. The third kappa shape index (κ3) is 3.17. The molecule has 3 aromatic rings. The first-order valence-corrected chi connectivity index (χ1v) is 8.69. The van der Waals surface area contributed by atoms with E-state index in [1.807, 2.05) is 25.1 Å². The van der Waals surface area contributed by atoms with Crippen molar-refractivity contribution in [2.24, 2.45) is 0 Å². The van der Waals surface area contributed by atoms with Gasteiger partial charge in [-0.2, -0.15) is 0 Å². The Labute approximate surface area is 150 Å². The van der Waals surface area contributed by atoms with Gasteiger partial charge in [0, 0.05) is 42.2 Å². The highest BCUT2D eigenvalue weighted by Crippen LogP contribution is 2.32. The monoisotopic (exact) mass is 356 g/mol. The highest BCUT2D eigenvalue weighted by molar-refractivity contribution is 6.31. The lowest BCUT2D eigenvalue weighted by Gasteiger charge is -2.28. The lowest BCUT2D eigenvalue weighted by molar-refractivity contribution is 0.581. The van der Waals surface area contributed by atoms with Gasteiger partial charge in [-0.15, -0.1) is 0 Å². The third-order valence-electron chi connectivity index (χ3n) is 4.49. The Balaban J connectivity index is 1.94. The first-order chi connectivity index (χ1) is 12.1. The van der Waals surface area contributed by atoms with E-state index in [0.717, 1.165) is 53.9 Å². The Bertz CT molecular complexity index is 938. The van der Waals surface area contributed by atoms with Crippen molar-refractivity contribution < 1.29 is 4.39 Å². The van der Waals surface area contributed by atoms with Crippen molar-refractivity contribution in [3.8, 4) is 11.3 Å². The van der Waals surface area contributed by atoms with Crippen LogP contribution in [-0.4, -0.2) is 36.1 Å². The van der Waals surface area contributed by atoms with Crippen LogP contribution < -0.4 is 10.2 Å². The number of piperazine rings is 1. The zero-order valence-corrected chi connectivity index (χ0v) is 14.6. The number of rotatable bonds is 2. The van der Waals surface area contributed by atoms with Crippen molar-refractivity contribution in [3.05, 3.63) is 52.8 Å². The molecule has 1 aliphatic rings. The zero-order valence-electron chi connectivity index (χ0n) is 13.9. The molecule has 128 valence electrons. The minimum atomic E-state index is -0.245. The number of benzene rings is 2. The van der Waals surface area contributed by atoms with Crippen molar-refractivity contribution in [3.63, 3.8) is 0 Å². The van der Waals surface area contributed by atoms with Gasteiger partial charge in [-0.05, 0) is 48.9 Å². The number of nitrogens with zero attached hydrogens (tertiary/aromatic N) is 3. The second kappa shape index (κ2) is 6.58. The first-order valence-electron chi connectivity index (χ1n) is 8.31. The van der Waals surface area contributed by atoms with Crippen LogP contribution in [0.4, 0.5) is 10.3 Å². The van der Waals surface area contributed by atoms with Crippen LogP contribution in [0.5, 0.6) is 0 Å². The number of anilines is 1. The van der Waals surface area contributed by atoms with Gasteiger partial charge >= 0.3 is 0 Å². The molecule has 0 bridgehead atoms. The van der Waals surface area contributed by atoms with E-state index in [1.54, 1.807) is 6.07 Å². The number of hydrogen-bond acceptors (Lipinski definition) is 4. The molecule has 2 aromatic carbocycles. The molecule has 0 spiro atoms. The predicted octanol–water partition coefficient (Wildman–Crippen LogP) is 3.81. The largest absolute Gasteiger partial charge is 0.338 e. The second-order valence-corrected chi connectivity index (χ2v) is 6.67. The van der Waals surface area contributed by atoms with Crippen LogP contribution in [0.15, 0.2) is 36.4 Å². The molecule has 1 aromatic heterocycles. The van der Waals surface area contributed by atoms with Gasteiger partial charge in [0.25, 0.3) is 0 Å². The smallest absolute Gasteiger partial charge is 0.226 e. The van der Waals surface area contributed by atoms with E-state index in [9.17, 15) is 4.39 Å². The first kappa shape index (κ1) is 16.2. The minimum Gasteiger partial charge on any atom is -0.338 e. The van der Waals surface area contributed by atoms with Crippen LogP contribution in [-0.2, 0) is 0 Å². The van der Waals surface area contributed by atoms with E-state index in [1.165, 1.54) is 12.1 Å². The molecule has 0 radical (unpaired) electrons. The van der Waals surface area contributed by atoms with Crippen LogP contribution >= 0.6 is 11.6 Å². The van der Waals surface area contributed by atoms with Crippen molar-refractivity contribution in [2.45, 2.75) is 6.92 Å². The summed E-state index contributed by atoms with van der Waals surface area (Å²) in [5, 5.41) is 4.89. The summed E-state index contributed by atoms with van der Waals surface area (Å²) in [6.07, 6.45) is 0. The van der Waals surface area contributed by atoms with Crippen LogP contribution in [0, 0.1) is 12.7 Å². The number of halogens is 2. The van der Waals surface area contributed by atoms with Crippen molar-refractivity contribution in [2.75, 3.05) is 31.1 Å². The van der Waals surface area contributed by atoms with Crippen LogP contribution in [0.1, 0.15) is 5.56 Å². The zero-order chi connectivity index (χ0) is 17.4. The van der Waals surface area contributed by atoms with E-state index < -0.39 is 0 Å². The number of aryl methyl sites for hydroxylation is 1. The highest BCUT2D eigenvalue weighted by Gasteiger charge is 2.18. The molecule has 2 heterocycles. The van der Waals surface area contributed by atoms with E-state index in [2.05, 4.69) is 10.2 Å². The van der Waals surface area contributed by atoms with Gasteiger partial charge in [-0.25, -0.2) is 14.4 Å². The van der Waals surface area contributed by atoms with Crippen molar-refractivity contribution in [1.82, 2.24) is 15.3 Å². The summed E-state index contributed by atoms with van der Waals surface area (Å²) in [6, 6.07) is 10.4. The Morgan fingerprint density at radius 2 is 1.88 bits per heavy atom. The molecule has 0 aliphatic carbocycles. The van der Waals surface area contributed by atoms with Gasteiger partial charge in [0.1, 0.15) is 5.82 Å². The SMILES string of the molecule is Cc1cc(F)ccc1-c1nc(N2CCNCC2)nc2cc(Cl)ccc12. The summed E-state index contributed by atoms with van der Waals surface area (Å²) < 4.78 is 13.5. The Morgan fingerprint density at radius 3 is 2.64 bits per heavy atom. The molecule has 0 saturated carbocycles. The number of fused-ring (bicyclic) bond motifs is 1. The molecule has 6 heteroatoms. The summed E-state index contributed by atoms with van der Waals surface area (Å²) in [4.78, 5) is 11.7. The van der Waals surface area contributed by atoms with Crippen molar-refractivity contribution in [1.29, 1.82) is 0 Å². The normalized spacial score (nSPS) is 14.9. The van der Waals surface area contributed by atoms with Gasteiger partial charge in [0.2, 0.25) is 5.95 Å². The fourth-order valence-electron chi connectivity index (χ4n) is 3.19. The van der Waals surface area contributed by atoms with Gasteiger partial charge in [-0.3, -0.25) is 0 Å². The van der Waals surface area contributed by atoms with Crippen molar-refractivity contribution >= 4 is 28.5 Å². The second-order valence-electron chi connectivity index (χ2n) is 6.23. The molecule has 1 N–H and O–H groups in total. The predicted molar refractivity (Wildman–Crippen MR) is 99.8 cm³/mol. The molecule has 0 unspecified atom stereocenters. The fourth-order valence-corrected chi connectivity index (χ4v) is 3.36. The van der Waals surface area contributed by atoms with Crippen LogP contribution in [0.3, 0.4) is 0 Å². The topological polar surface area (TPSA) is 41.1 Å². The molecule has 1 fully saturated rings. The summed E-state index contributed by atoms with van der Waals surface area (Å²) in [5.41, 5.74) is 3.37. The average Bonchev–Trinajstić information content (AvgIpc) is 2.61. The molecule has 4 rings (SSSR count). The van der Waals surface area contributed by atoms with Gasteiger partial charge in [-0.1, -0.05) is 11.6 Å². The molecule has 4 nitrogen and oxygen atoms in total. The van der Waals surface area contributed by atoms with E-state index in [4.69, 9.17) is 21.6 Å². The summed E-state index contributed by atoms with van der Waals surface area (Å²) >= 11 is 6.17. The summed E-state index contributed by atoms with van der Waals surface area (Å²) in [6.45, 7) is 5.41. The lowest BCUT2D eigenvalue weighted by Crippen LogP contribution is -2.44. The molecular weight excluding hydrogens is 339 g/mol. The maximum atomic E-state index is 13.5. The standard InChI is InChI=1S/C19H18ClFN4/c1-12-10-14(21)3-5-15(12)18-16-4-2-13(20)11-17(16)23-19(24-18)25-8-6-22-7-9-25/h2-5,10-11,22H,6-9H2,1H3. The summed E-state index contributed by atoms with van der Waals surface area (Å²) in [5.74, 6) is 0.444. The summed E-state index contributed by atoms with van der Waals surface area (Å²) in [7, 11) is 0. The Hall–Kier alpha value is -2.24. The minimum absolute atomic E-state index is 0.245. The Morgan fingerprint density at radius 1 is 1.08 bits per heavy atom. The number of nitrogens with one attached hydrogen (secondary N) is 1. The van der Waals surface area contributed by atoms with E-state index in [0.29, 0.717) is 11.0 Å². The van der Waals surface area contributed by atoms with Crippen LogP contribution in [0.25, 0.3) is 22.2 Å². The quantitative estimate of drug-likeness (QED) is 0.758. The highest BCUT2D eigenvalue weighted by atomic mass is 35.5. The molecule has 25 heavy (non-hydrogen) atoms. The van der Waals surface area contributed by atoms with E-state index in [-0.39, 0.29) is 5.82 Å². The average molecular weight is 357 g/mol. The maximum absolute atomic E-state index is 13.5. The van der Waals surface area contributed by atoms with E-state index >= 15 is 0 Å².